The highest BCUT2D eigenvalue weighted by atomic mass is 32.2. The Morgan fingerprint density at radius 2 is 1.78 bits per heavy atom. The van der Waals surface area contributed by atoms with E-state index in [1.165, 1.54) is 49.8 Å². The first kappa shape index (κ1) is 40.1. The molecule has 3 heterocycles. The number of hydrogen-bond acceptors (Lipinski definition) is 10. The summed E-state index contributed by atoms with van der Waals surface area (Å²) >= 11 is 0. The molecule has 55 heavy (non-hydrogen) atoms. The third kappa shape index (κ3) is 9.80. The molecule has 0 radical (unpaired) electrons. The van der Waals surface area contributed by atoms with Gasteiger partial charge < -0.3 is 19.3 Å². The van der Waals surface area contributed by atoms with Crippen LogP contribution in [0.25, 0.3) is 11.3 Å². The quantitative estimate of drug-likeness (QED) is 0.174. The van der Waals surface area contributed by atoms with Crippen molar-refractivity contribution >= 4 is 27.7 Å². The van der Waals surface area contributed by atoms with E-state index in [-0.39, 0.29) is 46.8 Å². The summed E-state index contributed by atoms with van der Waals surface area (Å²) in [4.78, 5) is 37.1. The maximum absolute atomic E-state index is 14.6. The zero-order valence-electron chi connectivity index (χ0n) is 33.3. The van der Waals surface area contributed by atoms with E-state index in [4.69, 9.17) is 19.4 Å². The van der Waals surface area contributed by atoms with Crippen LogP contribution in [0.2, 0.25) is 0 Å². The van der Waals surface area contributed by atoms with Crippen molar-refractivity contribution in [1.82, 2.24) is 24.8 Å². The first-order chi connectivity index (χ1) is 26.2. The standard InChI is InChI=1S/C42H55N7O5S/c1-28-13-11-16-31(21-30-14-9-8-10-15-30)37(28)38-29(2)39-46-41(45-38)47-55(51,52)35-18-12-17-32(22-35)40(50)49(34(27-54-39)23-42(3,4)5)26-33-24-44-36(25-43-33)48(6)19-20-53-7/h11-13,16-18,22,24-25,30,34H,8-10,14-15,19-21,23,26-27H2,1-7H3,(H,45,46,47)/t34-/m1/s1. The number of nitrogens with one attached hydrogen (secondary N) is 1. The number of fused-ring (bicyclic) bond motifs is 4. The van der Waals surface area contributed by atoms with Crippen LogP contribution >= 0.6 is 0 Å². The maximum atomic E-state index is 14.6. The fourth-order valence-electron chi connectivity index (χ4n) is 7.66. The molecule has 1 N–H and O–H groups in total. The van der Waals surface area contributed by atoms with Gasteiger partial charge in [0.15, 0.2) is 0 Å². The molecule has 2 aliphatic rings. The fourth-order valence-corrected chi connectivity index (χ4v) is 8.65. The zero-order chi connectivity index (χ0) is 39.3. The molecule has 294 valence electrons. The average molecular weight is 770 g/mol. The molecule has 2 aromatic heterocycles. The fraction of sp³-hybridized carbons (Fsp3) is 0.500. The summed E-state index contributed by atoms with van der Waals surface area (Å²) < 4.78 is 42.5. The molecule has 1 amide bonds. The van der Waals surface area contributed by atoms with Crippen molar-refractivity contribution in [1.29, 1.82) is 0 Å². The normalized spacial score (nSPS) is 17.7. The molecule has 1 aliphatic heterocycles. The molecule has 1 fully saturated rings. The molecule has 1 atom stereocenters. The van der Waals surface area contributed by atoms with Crippen molar-refractivity contribution in [3.05, 3.63) is 82.8 Å². The Balaban J connectivity index is 1.45. The number of aromatic nitrogens is 4. The molecule has 6 rings (SSSR count). The molecule has 0 saturated heterocycles. The minimum absolute atomic E-state index is 0.0739. The molecular formula is C42H55N7O5S. The van der Waals surface area contributed by atoms with E-state index < -0.39 is 16.1 Å². The number of nitrogens with zero attached hydrogens (tertiary/aromatic N) is 6. The summed E-state index contributed by atoms with van der Waals surface area (Å²) in [6.07, 6.45) is 11.0. The van der Waals surface area contributed by atoms with E-state index in [1.807, 2.05) is 18.9 Å². The number of carbonyl (C=O) groups excluding carboxylic acids is 1. The Morgan fingerprint density at radius 3 is 2.49 bits per heavy atom. The second kappa shape index (κ2) is 17.0. The van der Waals surface area contributed by atoms with Crippen LogP contribution in [0.1, 0.15) is 92.0 Å². The van der Waals surface area contributed by atoms with E-state index in [2.05, 4.69) is 60.6 Å². The van der Waals surface area contributed by atoms with Gasteiger partial charge in [-0.2, -0.15) is 4.98 Å². The van der Waals surface area contributed by atoms with E-state index >= 15 is 0 Å². The monoisotopic (exact) mass is 769 g/mol. The third-order valence-corrected chi connectivity index (χ3v) is 11.9. The minimum atomic E-state index is -4.21. The van der Waals surface area contributed by atoms with Crippen molar-refractivity contribution in [3.8, 4) is 17.1 Å². The van der Waals surface area contributed by atoms with Gasteiger partial charge in [-0.1, -0.05) is 77.1 Å². The van der Waals surface area contributed by atoms with Crippen molar-refractivity contribution in [2.24, 2.45) is 11.3 Å². The summed E-state index contributed by atoms with van der Waals surface area (Å²) in [5.74, 6) is 1.08. The number of amides is 1. The lowest BCUT2D eigenvalue weighted by atomic mass is 9.82. The lowest BCUT2D eigenvalue weighted by Crippen LogP contribution is -2.45. The Kier molecular flexibility index (Phi) is 12.4. The maximum Gasteiger partial charge on any atom is 0.264 e. The van der Waals surface area contributed by atoms with Crippen molar-refractivity contribution < 1.29 is 22.7 Å². The van der Waals surface area contributed by atoms with Gasteiger partial charge in [0.2, 0.25) is 11.8 Å². The van der Waals surface area contributed by atoms with Crippen LogP contribution in [0.5, 0.6) is 5.88 Å². The van der Waals surface area contributed by atoms with E-state index in [1.54, 1.807) is 36.5 Å². The second-order valence-corrected chi connectivity index (χ2v) is 17.9. The van der Waals surface area contributed by atoms with Crippen molar-refractivity contribution in [3.63, 3.8) is 0 Å². The number of likely N-dealkylation sites (N-methyl/N-ethyl adjacent to an activating group) is 1. The Bertz CT molecular complexity index is 2080. The third-order valence-electron chi connectivity index (χ3n) is 10.6. The zero-order valence-corrected chi connectivity index (χ0v) is 34.1. The van der Waals surface area contributed by atoms with Crippen LogP contribution in [-0.4, -0.2) is 79.1 Å². The minimum Gasteiger partial charge on any atom is -0.475 e. The molecule has 2 aromatic carbocycles. The second-order valence-electron chi connectivity index (χ2n) is 16.2. The van der Waals surface area contributed by atoms with Gasteiger partial charge in [0, 0.05) is 37.4 Å². The summed E-state index contributed by atoms with van der Waals surface area (Å²) in [5.41, 5.74) is 5.12. The molecule has 12 nitrogen and oxygen atoms in total. The molecule has 0 unspecified atom stereocenters. The van der Waals surface area contributed by atoms with Crippen LogP contribution in [0, 0.1) is 25.2 Å². The van der Waals surface area contributed by atoms with Gasteiger partial charge in [-0.25, -0.2) is 23.1 Å². The number of methoxy groups -OCH3 is 1. The van der Waals surface area contributed by atoms with Gasteiger partial charge in [0.1, 0.15) is 12.4 Å². The number of rotatable bonds is 10. The Morgan fingerprint density at radius 1 is 1.02 bits per heavy atom. The molecule has 4 aromatic rings. The van der Waals surface area contributed by atoms with Gasteiger partial charge in [-0.3, -0.25) is 9.78 Å². The molecule has 1 aliphatic carbocycles. The van der Waals surface area contributed by atoms with Crippen LogP contribution in [0.15, 0.2) is 59.8 Å². The number of benzene rings is 2. The first-order valence-electron chi connectivity index (χ1n) is 19.3. The number of ether oxygens (including phenoxy) is 2. The smallest absolute Gasteiger partial charge is 0.264 e. The van der Waals surface area contributed by atoms with Crippen molar-refractivity contribution in [2.45, 2.75) is 97.0 Å². The largest absolute Gasteiger partial charge is 0.475 e. The molecule has 1 saturated carbocycles. The number of anilines is 2. The number of aryl methyl sites for hydroxylation is 1. The highest BCUT2D eigenvalue weighted by Crippen LogP contribution is 2.37. The highest BCUT2D eigenvalue weighted by molar-refractivity contribution is 7.92. The van der Waals surface area contributed by atoms with Gasteiger partial charge in [-0.05, 0) is 67.3 Å². The van der Waals surface area contributed by atoms with Crippen molar-refractivity contribution in [2.75, 3.05) is 43.5 Å². The number of hydrogen-bond donors (Lipinski definition) is 1. The van der Waals surface area contributed by atoms with Crippen LogP contribution < -0.4 is 14.4 Å². The van der Waals surface area contributed by atoms with Crippen LogP contribution in [0.4, 0.5) is 11.8 Å². The van der Waals surface area contributed by atoms with Gasteiger partial charge in [0.25, 0.3) is 15.9 Å². The average Bonchev–Trinajstić information content (AvgIpc) is 3.15. The Hall–Kier alpha value is -4.62. The molecule has 4 bridgehead atoms. The van der Waals surface area contributed by atoms with Crippen LogP contribution in [0.3, 0.4) is 0 Å². The number of carbonyl (C=O) groups is 1. The molecule has 13 heteroatoms. The predicted molar refractivity (Wildman–Crippen MR) is 215 cm³/mol. The first-order valence-corrected chi connectivity index (χ1v) is 20.8. The topological polar surface area (TPSA) is 140 Å². The highest BCUT2D eigenvalue weighted by Gasteiger charge is 2.32. The van der Waals surface area contributed by atoms with Gasteiger partial charge >= 0.3 is 0 Å². The lowest BCUT2D eigenvalue weighted by molar-refractivity contribution is 0.0508. The molecular weight excluding hydrogens is 715 g/mol. The van der Waals surface area contributed by atoms with Gasteiger partial charge in [-0.15, -0.1) is 0 Å². The number of sulfonamides is 1. The summed E-state index contributed by atoms with van der Waals surface area (Å²) in [6, 6.07) is 11.9. The van der Waals surface area contributed by atoms with E-state index in [0.29, 0.717) is 48.3 Å². The molecule has 0 spiro atoms. The SMILES string of the molecule is COCCN(C)c1cnc(CN2C(=O)c3cccc(c3)S(=O)(=O)Nc3nc(c(C)c(-c4c(C)cccc4CC4CCCCC4)n3)OC[C@H]2CC(C)(C)C)cn1. The summed E-state index contributed by atoms with van der Waals surface area (Å²) in [5, 5.41) is 0. The Labute approximate surface area is 326 Å². The van der Waals surface area contributed by atoms with Gasteiger partial charge in [0.05, 0.1) is 47.9 Å². The summed E-state index contributed by atoms with van der Waals surface area (Å²) in [7, 11) is -0.642. The van der Waals surface area contributed by atoms with Crippen LogP contribution in [-0.2, 0) is 27.7 Å². The predicted octanol–water partition coefficient (Wildman–Crippen LogP) is 7.40. The summed E-state index contributed by atoms with van der Waals surface area (Å²) in [6.45, 7) is 11.8. The van der Waals surface area contributed by atoms with E-state index in [9.17, 15) is 13.2 Å². The van der Waals surface area contributed by atoms with E-state index in [0.717, 1.165) is 17.5 Å². The lowest BCUT2D eigenvalue weighted by Gasteiger charge is -2.35.